The molecule has 0 saturated carbocycles. The second-order valence-corrected chi connectivity index (χ2v) is 6.15. The van der Waals surface area contributed by atoms with Gasteiger partial charge in [0.05, 0.1) is 13.2 Å². The van der Waals surface area contributed by atoms with Gasteiger partial charge in [-0.1, -0.05) is 43.7 Å². The normalized spacial score (nSPS) is 10.5. The minimum absolute atomic E-state index is 0.0706. The molecule has 0 fully saturated rings. The van der Waals surface area contributed by atoms with Crippen molar-refractivity contribution in [2.45, 2.75) is 39.7 Å². The number of carbonyl (C=O) groups is 1. The molecular weight excluding hydrogens is 326 g/mol. The number of rotatable bonds is 11. The number of ether oxygens (including phenoxy) is 2. The van der Waals surface area contributed by atoms with Gasteiger partial charge >= 0.3 is 0 Å². The molecule has 0 aliphatic heterocycles. The molecule has 0 bridgehead atoms. The number of amides is 1. The summed E-state index contributed by atoms with van der Waals surface area (Å²) in [6.45, 7) is 6.46. The summed E-state index contributed by atoms with van der Waals surface area (Å²) in [4.78, 5) is 12.4. The first-order valence-corrected chi connectivity index (χ1v) is 9.40. The molecule has 0 aliphatic carbocycles. The Morgan fingerprint density at radius 1 is 1.08 bits per heavy atom. The van der Waals surface area contributed by atoms with Crippen molar-refractivity contribution >= 4 is 5.91 Å². The Labute approximate surface area is 156 Å². The molecule has 0 radical (unpaired) electrons. The van der Waals surface area contributed by atoms with Crippen molar-refractivity contribution < 1.29 is 14.3 Å². The van der Waals surface area contributed by atoms with Crippen molar-refractivity contribution in [2.24, 2.45) is 0 Å². The Kier molecular flexibility index (Phi) is 8.70. The molecule has 0 spiro atoms. The fourth-order valence-electron chi connectivity index (χ4n) is 2.63. The Bertz CT molecular complexity index is 670. The van der Waals surface area contributed by atoms with Crippen LogP contribution in [0.15, 0.2) is 48.5 Å². The zero-order valence-corrected chi connectivity index (χ0v) is 15.8. The van der Waals surface area contributed by atoms with Crippen LogP contribution in [-0.2, 0) is 17.8 Å². The molecule has 2 aromatic rings. The molecule has 1 N–H and O–H groups in total. The van der Waals surface area contributed by atoms with Crippen molar-refractivity contribution in [1.82, 2.24) is 5.32 Å². The Balaban J connectivity index is 1.94. The van der Waals surface area contributed by atoms with E-state index in [1.54, 1.807) is 6.07 Å². The topological polar surface area (TPSA) is 47.6 Å². The van der Waals surface area contributed by atoms with Crippen molar-refractivity contribution in [2.75, 3.05) is 19.8 Å². The van der Waals surface area contributed by atoms with Crippen LogP contribution in [0.3, 0.4) is 0 Å². The first kappa shape index (κ1) is 20.0. The van der Waals surface area contributed by atoms with Crippen LogP contribution in [0.25, 0.3) is 0 Å². The lowest BCUT2D eigenvalue weighted by molar-refractivity contribution is 0.0953. The smallest absolute Gasteiger partial charge is 0.251 e. The van der Waals surface area contributed by atoms with Gasteiger partial charge in [0.15, 0.2) is 0 Å². The molecule has 0 unspecified atom stereocenters. The van der Waals surface area contributed by atoms with Crippen LogP contribution in [-0.4, -0.2) is 25.7 Å². The highest BCUT2D eigenvalue weighted by molar-refractivity contribution is 5.94. The van der Waals surface area contributed by atoms with Crippen molar-refractivity contribution in [3.8, 4) is 5.75 Å². The summed E-state index contributed by atoms with van der Waals surface area (Å²) in [5, 5.41) is 2.98. The third-order valence-corrected chi connectivity index (χ3v) is 4.06. The number of hydrogen-bond acceptors (Lipinski definition) is 3. The molecule has 0 saturated heterocycles. The summed E-state index contributed by atoms with van der Waals surface area (Å²) in [5.41, 5.74) is 2.76. The first-order valence-electron chi connectivity index (χ1n) is 9.40. The highest BCUT2D eigenvalue weighted by Gasteiger charge is 2.11. The summed E-state index contributed by atoms with van der Waals surface area (Å²) in [7, 11) is 0. The molecule has 0 aliphatic rings. The number of hydrogen-bond donors (Lipinski definition) is 1. The van der Waals surface area contributed by atoms with Gasteiger partial charge in [-0.15, -0.1) is 0 Å². The first-order chi connectivity index (χ1) is 12.7. The Morgan fingerprint density at radius 3 is 2.62 bits per heavy atom. The van der Waals surface area contributed by atoms with E-state index in [9.17, 15) is 4.79 Å². The summed E-state index contributed by atoms with van der Waals surface area (Å²) in [6, 6.07) is 15.7. The van der Waals surface area contributed by atoms with Crippen LogP contribution in [0.4, 0.5) is 0 Å². The largest absolute Gasteiger partial charge is 0.494 e. The van der Waals surface area contributed by atoms with E-state index in [1.807, 2.05) is 37.3 Å². The lowest BCUT2D eigenvalue weighted by Gasteiger charge is -2.13. The van der Waals surface area contributed by atoms with E-state index in [0.29, 0.717) is 25.3 Å². The van der Waals surface area contributed by atoms with Gasteiger partial charge in [0.25, 0.3) is 5.91 Å². The van der Waals surface area contributed by atoms with Crippen LogP contribution in [0.2, 0.25) is 0 Å². The van der Waals surface area contributed by atoms with Gasteiger partial charge in [-0.2, -0.15) is 0 Å². The fourth-order valence-corrected chi connectivity index (χ4v) is 2.63. The van der Waals surface area contributed by atoms with Crippen LogP contribution in [0, 0.1) is 0 Å². The average molecular weight is 355 g/mol. The standard InChI is InChI=1S/C22H29NO3/c1-3-5-15-25-17-20-16-19(11-12-21(20)26-4-2)22(24)23-14-13-18-9-7-6-8-10-18/h6-12,16H,3-5,13-15,17H2,1-2H3,(H,23,24). The zero-order chi connectivity index (χ0) is 18.6. The van der Waals surface area contributed by atoms with E-state index in [-0.39, 0.29) is 5.91 Å². The lowest BCUT2D eigenvalue weighted by Crippen LogP contribution is -2.25. The van der Waals surface area contributed by atoms with E-state index in [0.717, 1.165) is 37.2 Å². The van der Waals surface area contributed by atoms with E-state index < -0.39 is 0 Å². The molecule has 1 amide bonds. The summed E-state index contributed by atoms with van der Waals surface area (Å²) < 4.78 is 11.4. The minimum Gasteiger partial charge on any atom is -0.494 e. The predicted molar refractivity (Wildman–Crippen MR) is 105 cm³/mol. The van der Waals surface area contributed by atoms with Gasteiger partial charge in [-0.3, -0.25) is 4.79 Å². The van der Waals surface area contributed by atoms with Crippen LogP contribution in [0.1, 0.15) is 48.2 Å². The van der Waals surface area contributed by atoms with Crippen molar-refractivity contribution in [3.05, 3.63) is 65.2 Å². The van der Waals surface area contributed by atoms with Gasteiger partial charge in [0.2, 0.25) is 0 Å². The zero-order valence-electron chi connectivity index (χ0n) is 15.8. The SMILES string of the molecule is CCCCOCc1cc(C(=O)NCCc2ccccc2)ccc1OCC. The van der Waals surface area contributed by atoms with Gasteiger partial charge in [-0.25, -0.2) is 0 Å². The molecule has 2 rings (SSSR count). The van der Waals surface area contributed by atoms with E-state index in [4.69, 9.17) is 9.47 Å². The molecule has 0 aromatic heterocycles. The monoisotopic (exact) mass is 355 g/mol. The second-order valence-electron chi connectivity index (χ2n) is 6.15. The van der Waals surface area contributed by atoms with E-state index in [2.05, 4.69) is 24.4 Å². The predicted octanol–water partition coefficient (Wildman–Crippen LogP) is 4.37. The van der Waals surface area contributed by atoms with Gasteiger partial charge in [0.1, 0.15) is 5.75 Å². The summed E-state index contributed by atoms with van der Waals surface area (Å²) in [5.74, 6) is 0.712. The van der Waals surface area contributed by atoms with E-state index in [1.165, 1.54) is 5.56 Å². The fraction of sp³-hybridized carbons (Fsp3) is 0.409. The second kappa shape index (κ2) is 11.3. The number of unbranched alkanes of at least 4 members (excludes halogenated alkanes) is 1. The maximum absolute atomic E-state index is 12.4. The molecule has 26 heavy (non-hydrogen) atoms. The van der Waals surface area contributed by atoms with Crippen LogP contribution < -0.4 is 10.1 Å². The van der Waals surface area contributed by atoms with E-state index >= 15 is 0 Å². The molecule has 4 nitrogen and oxygen atoms in total. The highest BCUT2D eigenvalue weighted by atomic mass is 16.5. The van der Waals surface area contributed by atoms with Gasteiger partial charge < -0.3 is 14.8 Å². The Hall–Kier alpha value is -2.33. The van der Waals surface area contributed by atoms with Crippen LogP contribution in [0.5, 0.6) is 5.75 Å². The third-order valence-electron chi connectivity index (χ3n) is 4.06. The minimum atomic E-state index is -0.0706. The number of nitrogens with one attached hydrogen (secondary N) is 1. The molecular formula is C22H29NO3. The van der Waals surface area contributed by atoms with Crippen LogP contribution >= 0.6 is 0 Å². The van der Waals surface area contributed by atoms with Crippen molar-refractivity contribution in [1.29, 1.82) is 0 Å². The highest BCUT2D eigenvalue weighted by Crippen LogP contribution is 2.21. The quantitative estimate of drug-likeness (QED) is 0.609. The maximum atomic E-state index is 12.4. The molecule has 140 valence electrons. The van der Waals surface area contributed by atoms with Gasteiger partial charge in [0, 0.05) is 24.3 Å². The third kappa shape index (κ3) is 6.52. The van der Waals surface area contributed by atoms with Gasteiger partial charge in [-0.05, 0) is 43.5 Å². The average Bonchev–Trinajstić information content (AvgIpc) is 2.67. The molecule has 2 aromatic carbocycles. The number of carbonyl (C=O) groups excluding carboxylic acids is 1. The maximum Gasteiger partial charge on any atom is 0.251 e. The van der Waals surface area contributed by atoms with Crippen molar-refractivity contribution in [3.63, 3.8) is 0 Å². The molecule has 0 heterocycles. The lowest BCUT2D eigenvalue weighted by atomic mass is 10.1. The summed E-state index contributed by atoms with van der Waals surface area (Å²) >= 11 is 0. The molecule has 4 heteroatoms. The molecule has 0 atom stereocenters. The Morgan fingerprint density at radius 2 is 1.88 bits per heavy atom. The summed E-state index contributed by atoms with van der Waals surface area (Å²) in [6.07, 6.45) is 2.95. The number of benzene rings is 2.